The van der Waals surface area contributed by atoms with Crippen molar-refractivity contribution in [2.24, 2.45) is 5.41 Å². The Morgan fingerprint density at radius 3 is 2.50 bits per heavy atom. The summed E-state index contributed by atoms with van der Waals surface area (Å²) in [6.45, 7) is 9.97. The summed E-state index contributed by atoms with van der Waals surface area (Å²) in [6, 6.07) is 15.8. The monoisotopic (exact) mass is 426 g/mol. The van der Waals surface area contributed by atoms with Gasteiger partial charge in [-0.15, -0.1) is 0 Å². The first-order valence-corrected chi connectivity index (χ1v) is 11.6. The van der Waals surface area contributed by atoms with Crippen LogP contribution in [0.15, 0.2) is 48.5 Å². The second-order valence-corrected chi connectivity index (χ2v) is 9.50. The maximum Gasteiger partial charge on any atom is 0.251 e. The zero-order valence-electron chi connectivity index (χ0n) is 18.6. The number of rotatable bonds is 8. The molecule has 30 heavy (non-hydrogen) atoms. The van der Waals surface area contributed by atoms with Crippen LogP contribution in [0.25, 0.3) is 0 Å². The van der Waals surface area contributed by atoms with Crippen LogP contribution in [0.1, 0.15) is 73.5 Å². The Balaban J connectivity index is 1.64. The van der Waals surface area contributed by atoms with Crippen LogP contribution in [0.5, 0.6) is 0 Å². The van der Waals surface area contributed by atoms with Gasteiger partial charge in [-0.2, -0.15) is 0 Å². The molecule has 0 bridgehead atoms. The number of benzene rings is 2. The third-order valence-electron chi connectivity index (χ3n) is 6.59. The molecule has 1 fully saturated rings. The molecule has 1 aliphatic heterocycles. The van der Waals surface area contributed by atoms with Crippen LogP contribution in [0, 0.1) is 12.3 Å². The number of aryl methyl sites for hydroxylation is 1. The third kappa shape index (κ3) is 6.09. The van der Waals surface area contributed by atoms with Crippen LogP contribution >= 0.6 is 11.6 Å². The Kier molecular flexibility index (Phi) is 7.96. The van der Waals surface area contributed by atoms with E-state index in [2.05, 4.69) is 36.2 Å². The van der Waals surface area contributed by atoms with Gasteiger partial charge in [0.1, 0.15) is 0 Å². The molecule has 3 rings (SSSR count). The molecule has 1 aliphatic rings. The second kappa shape index (κ2) is 10.5. The van der Waals surface area contributed by atoms with E-state index in [-0.39, 0.29) is 11.9 Å². The Hall–Kier alpha value is -1.84. The van der Waals surface area contributed by atoms with Gasteiger partial charge in [-0.05, 0) is 74.4 Å². The van der Waals surface area contributed by atoms with Crippen molar-refractivity contribution in [3.8, 4) is 0 Å². The van der Waals surface area contributed by atoms with E-state index in [1.54, 1.807) is 6.07 Å². The molecule has 1 heterocycles. The standard InChI is InChI=1S/C26H35ClN2O/c1-4-13-26(3)14-17-29(18-15-26)16-12-24(21-8-6-5-7-9-21)28-25(30)22-11-10-20(2)23(27)19-22/h5-11,19,24H,4,12-18H2,1-3H3,(H,28,30). The normalized spacial score (nSPS) is 17.5. The van der Waals surface area contributed by atoms with Gasteiger partial charge in [0.2, 0.25) is 0 Å². The van der Waals surface area contributed by atoms with E-state index < -0.39 is 0 Å². The lowest BCUT2D eigenvalue weighted by molar-refractivity contribution is 0.0912. The SMILES string of the molecule is CCCC1(C)CCN(CCC(NC(=O)c2ccc(C)c(Cl)c2)c2ccccc2)CC1. The number of hydrogen-bond donors (Lipinski definition) is 1. The Morgan fingerprint density at radius 1 is 1.17 bits per heavy atom. The summed E-state index contributed by atoms with van der Waals surface area (Å²) in [6.07, 6.45) is 6.03. The van der Waals surface area contributed by atoms with Gasteiger partial charge in [-0.1, -0.05) is 68.3 Å². The highest BCUT2D eigenvalue weighted by Crippen LogP contribution is 2.35. The number of carbonyl (C=O) groups excluding carboxylic acids is 1. The zero-order chi connectivity index (χ0) is 21.6. The molecule has 0 aromatic heterocycles. The van der Waals surface area contributed by atoms with Gasteiger partial charge < -0.3 is 10.2 Å². The fourth-order valence-electron chi connectivity index (χ4n) is 4.46. The van der Waals surface area contributed by atoms with Gasteiger partial charge in [-0.3, -0.25) is 4.79 Å². The Bertz CT molecular complexity index is 828. The zero-order valence-corrected chi connectivity index (χ0v) is 19.3. The number of likely N-dealkylation sites (tertiary alicyclic amines) is 1. The lowest BCUT2D eigenvalue weighted by atomic mass is 9.77. The largest absolute Gasteiger partial charge is 0.345 e. The van der Waals surface area contributed by atoms with Crippen molar-refractivity contribution in [3.05, 3.63) is 70.2 Å². The van der Waals surface area contributed by atoms with Crippen molar-refractivity contribution in [2.45, 2.75) is 58.9 Å². The predicted octanol–water partition coefficient (Wildman–Crippen LogP) is 6.41. The number of nitrogens with zero attached hydrogens (tertiary/aromatic N) is 1. The van der Waals surface area contributed by atoms with Gasteiger partial charge in [0.05, 0.1) is 6.04 Å². The smallest absolute Gasteiger partial charge is 0.251 e. The number of hydrogen-bond acceptors (Lipinski definition) is 2. The van der Waals surface area contributed by atoms with Crippen molar-refractivity contribution < 1.29 is 4.79 Å². The van der Waals surface area contributed by atoms with Crippen LogP contribution in [-0.4, -0.2) is 30.4 Å². The molecular formula is C26H35ClN2O. The van der Waals surface area contributed by atoms with Gasteiger partial charge in [0.25, 0.3) is 5.91 Å². The van der Waals surface area contributed by atoms with Crippen molar-refractivity contribution in [2.75, 3.05) is 19.6 Å². The third-order valence-corrected chi connectivity index (χ3v) is 7.00. The number of nitrogens with one attached hydrogen (secondary N) is 1. The van der Waals surface area contributed by atoms with Crippen molar-refractivity contribution in [1.82, 2.24) is 10.2 Å². The number of piperidine rings is 1. The molecule has 0 aliphatic carbocycles. The molecule has 1 amide bonds. The van der Waals surface area contributed by atoms with Gasteiger partial charge in [0.15, 0.2) is 0 Å². The van der Waals surface area contributed by atoms with E-state index >= 15 is 0 Å². The summed E-state index contributed by atoms with van der Waals surface area (Å²) in [5.41, 5.74) is 3.24. The molecule has 1 atom stereocenters. The van der Waals surface area contributed by atoms with Crippen molar-refractivity contribution in [1.29, 1.82) is 0 Å². The Labute approximate surface area is 186 Å². The average Bonchev–Trinajstić information content (AvgIpc) is 2.75. The van der Waals surface area contributed by atoms with Crippen molar-refractivity contribution in [3.63, 3.8) is 0 Å². The van der Waals surface area contributed by atoms with E-state index in [1.165, 1.54) is 25.7 Å². The minimum absolute atomic E-state index is 0.0114. The number of amides is 1. The highest BCUT2D eigenvalue weighted by molar-refractivity contribution is 6.31. The lowest BCUT2D eigenvalue weighted by Crippen LogP contribution is -2.40. The fraction of sp³-hybridized carbons (Fsp3) is 0.500. The summed E-state index contributed by atoms with van der Waals surface area (Å²) in [5.74, 6) is -0.0695. The molecule has 1 N–H and O–H groups in total. The minimum Gasteiger partial charge on any atom is -0.345 e. The summed E-state index contributed by atoms with van der Waals surface area (Å²) in [4.78, 5) is 15.5. The van der Waals surface area contributed by atoms with Crippen LogP contribution in [0.4, 0.5) is 0 Å². The first-order chi connectivity index (χ1) is 14.4. The predicted molar refractivity (Wildman–Crippen MR) is 126 cm³/mol. The highest BCUT2D eigenvalue weighted by Gasteiger charge is 2.29. The molecule has 0 radical (unpaired) electrons. The van der Waals surface area contributed by atoms with Gasteiger partial charge in [0, 0.05) is 17.1 Å². The molecule has 0 saturated carbocycles. The average molecular weight is 427 g/mol. The van der Waals surface area contributed by atoms with Crippen molar-refractivity contribution >= 4 is 17.5 Å². The topological polar surface area (TPSA) is 32.3 Å². The number of carbonyl (C=O) groups is 1. The van der Waals surface area contributed by atoms with E-state index in [4.69, 9.17) is 11.6 Å². The summed E-state index contributed by atoms with van der Waals surface area (Å²) in [7, 11) is 0. The summed E-state index contributed by atoms with van der Waals surface area (Å²) >= 11 is 6.23. The molecule has 2 aromatic rings. The van der Waals surface area contributed by atoms with Crippen LogP contribution in [-0.2, 0) is 0 Å². The maximum absolute atomic E-state index is 12.9. The van der Waals surface area contributed by atoms with Gasteiger partial charge in [-0.25, -0.2) is 0 Å². The quantitative estimate of drug-likeness (QED) is 0.528. The summed E-state index contributed by atoms with van der Waals surface area (Å²) in [5, 5.41) is 3.88. The van der Waals surface area contributed by atoms with E-state index in [0.717, 1.165) is 37.2 Å². The van der Waals surface area contributed by atoms with Gasteiger partial charge >= 0.3 is 0 Å². The number of halogens is 1. The van der Waals surface area contributed by atoms with E-state index in [0.29, 0.717) is 16.0 Å². The molecule has 162 valence electrons. The van der Waals surface area contributed by atoms with E-state index in [9.17, 15) is 4.79 Å². The first kappa shape index (κ1) is 22.8. The summed E-state index contributed by atoms with van der Waals surface area (Å²) < 4.78 is 0. The maximum atomic E-state index is 12.9. The minimum atomic E-state index is -0.0695. The fourth-order valence-corrected chi connectivity index (χ4v) is 4.65. The van der Waals surface area contributed by atoms with Crippen LogP contribution < -0.4 is 5.32 Å². The molecule has 4 heteroatoms. The molecule has 3 nitrogen and oxygen atoms in total. The molecular weight excluding hydrogens is 392 g/mol. The van der Waals surface area contributed by atoms with Crippen LogP contribution in [0.3, 0.4) is 0 Å². The lowest BCUT2D eigenvalue weighted by Gasteiger charge is -2.40. The highest BCUT2D eigenvalue weighted by atomic mass is 35.5. The molecule has 1 saturated heterocycles. The molecule has 1 unspecified atom stereocenters. The van der Waals surface area contributed by atoms with Crippen LogP contribution in [0.2, 0.25) is 5.02 Å². The van der Waals surface area contributed by atoms with E-state index in [1.807, 2.05) is 37.3 Å². The second-order valence-electron chi connectivity index (χ2n) is 9.09. The molecule has 2 aromatic carbocycles. The Morgan fingerprint density at radius 2 is 1.87 bits per heavy atom. The molecule has 0 spiro atoms. The first-order valence-electron chi connectivity index (χ1n) is 11.2.